The van der Waals surface area contributed by atoms with Crippen LogP contribution in [0.4, 0.5) is 0 Å². The number of carbonyl (C=O) groups is 1. The molecule has 4 nitrogen and oxygen atoms in total. The Morgan fingerprint density at radius 3 is 2.32 bits per heavy atom. The van der Waals surface area contributed by atoms with Gasteiger partial charge >= 0.3 is 0 Å². The second kappa shape index (κ2) is 6.49. The zero-order chi connectivity index (χ0) is 15.4. The second-order valence-corrected chi connectivity index (χ2v) is 5.68. The topological polar surface area (TPSA) is 60.9 Å². The van der Waals surface area contributed by atoms with Crippen LogP contribution in [-0.2, 0) is 4.79 Å². The molecule has 3 rings (SSSR count). The zero-order valence-corrected chi connectivity index (χ0v) is 12.7. The highest BCUT2D eigenvalue weighted by Crippen LogP contribution is 2.26. The van der Waals surface area contributed by atoms with Crippen molar-refractivity contribution in [1.29, 1.82) is 0 Å². The third-order valence-electron chi connectivity index (χ3n) is 3.12. The first-order valence-corrected chi connectivity index (χ1v) is 7.84. The van der Waals surface area contributed by atoms with E-state index in [2.05, 4.69) is 4.98 Å². The molecule has 0 aliphatic carbocycles. The van der Waals surface area contributed by atoms with Gasteiger partial charge in [-0.2, -0.15) is 0 Å². The van der Waals surface area contributed by atoms with E-state index in [-0.39, 0.29) is 11.7 Å². The van der Waals surface area contributed by atoms with Gasteiger partial charge in [-0.1, -0.05) is 60.3 Å². The van der Waals surface area contributed by atoms with E-state index in [0.29, 0.717) is 0 Å². The average Bonchev–Trinajstić information content (AvgIpc) is 2.99. The lowest BCUT2D eigenvalue weighted by Gasteiger charge is -2.05. The van der Waals surface area contributed by atoms with Crippen molar-refractivity contribution >= 4 is 17.7 Å². The van der Waals surface area contributed by atoms with Crippen LogP contribution in [0, 0.1) is 0 Å². The minimum Gasteiger partial charge on any atom is -0.369 e. The minimum absolute atomic E-state index is 0.206. The predicted molar refractivity (Wildman–Crippen MR) is 88.9 cm³/mol. The summed E-state index contributed by atoms with van der Waals surface area (Å²) in [7, 11) is 0. The molecule has 1 aromatic heterocycles. The number of amides is 1. The van der Waals surface area contributed by atoms with Crippen molar-refractivity contribution in [2.75, 3.05) is 5.75 Å². The summed E-state index contributed by atoms with van der Waals surface area (Å²) in [5.41, 5.74) is 8.17. The molecule has 2 N–H and O–H groups in total. The first kappa shape index (κ1) is 14.4. The van der Waals surface area contributed by atoms with Gasteiger partial charge in [0.25, 0.3) is 0 Å². The van der Waals surface area contributed by atoms with Crippen LogP contribution >= 0.6 is 11.8 Å². The number of aromatic nitrogens is 2. The van der Waals surface area contributed by atoms with Gasteiger partial charge in [-0.15, -0.1) is 0 Å². The number of nitrogens with two attached hydrogens (primary N) is 1. The number of imidazole rings is 1. The quantitative estimate of drug-likeness (QED) is 0.737. The first-order chi connectivity index (χ1) is 10.7. The van der Waals surface area contributed by atoms with E-state index in [4.69, 9.17) is 5.73 Å². The maximum absolute atomic E-state index is 11.1. The molecule has 0 aliphatic rings. The minimum atomic E-state index is -0.353. The standard InChI is InChI=1S/C17H15N3OS/c18-16(21)12-22-17-19-15(13-7-3-1-4-8-13)11-20(17)14-9-5-2-6-10-14/h1-11H,12H2,(H2,18,21). The molecular weight excluding hydrogens is 294 g/mol. The van der Waals surface area contributed by atoms with Crippen molar-refractivity contribution in [3.63, 3.8) is 0 Å². The number of hydrogen-bond acceptors (Lipinski definition) is 3. The molecule has 5 heteroatoms. The van der Waals surface area contributed by atoms with Gasteiger partial charge in [0.05, 0.1) is 11.4 Å². The normalized spacial score (nSPS) is 10.5. The van der Waals surface area contributed by atoms with Crippen molar-refractivity contribution in [2.24, 2.45) is 5.73 Å². The maximum Gasteiger partial charge on any atom is 0.227 e. The smallest absolute Gasteiger partial charge is 0.227 e. The van der Waals surface area contributed by atoms with Crippen LogP contribution in [0.3, 0.4) is 0 Å². The SMILES string of the molecule is NC(=O)CSc1nc(-c2ccccc2)cn1-c1ccccc1. The lowest BCUT2D eigenvalue weighted by Crippen LogP contribution is -2.13. The van der Waals surface area contributed by atoms with Crippen molar-refractivity contribution in [3.8, 4) is 16.9 Å². The van der Waals surface area contributed by atoms with E-state index in [1.54, 1.807) is 0 Å². The number of hydrogen-bond donors (Lipinski definition) is 1. The van der Waals surface area contributed by atoms with Crippen LogP contribution < -0.4 is 5.73 Å². The molecule has 110 valence electrons. The molecule has 2 aromatic carbocycles. The third-order valence-corrected chi connectivity index (χ3v) is 4.10. The van der Waals surface area contributed by atoms with E-state index in [0.717, 1.165) is 22.1 Å². The number of nitrogens with zero attached hydrogens (tertiary/aromatic N) is 2. The van der Waals surface area contributed by atoms with Crippen LogP contribution in [-0.4, -0.2) is 21.2 Å². The molecule has 22 heavy (non-hydrogen) atoms. The Morgan fingerprint density at radius 1 is 1.05 bits per heavy atom. The molecule has 0 spiro atoms. The molecule has 0 fully saturated rings. The van der Waals surface area contributed by atoms with Crippen LogP contribution in [0.2, 0.25) is 0 Å². The Morgan fingerprint density at radius 2 is 1.68 bits per heavy atom. The van der Waals surface area contributed by atoms with Crippen LogP contribution in [0.5, 0.6) is 0 Å². The van der Waals surface area contributed by atoms with Gasteiger partial charge in [0.1, 0.15) is 0 Å². The third kappa shape index (κ3) is 3.20. The van der Waals surface area contributed by atoms with E-state index < -0.39 is 0 Å². The lowest BCUT2D eigenvalue weighted by atomic mass is 10.2. The summed E-state index contributed by atoms with van der Waals surface area (Å²) in [5.74, 6) is -0.146. The summed E-state index contributed by atoms with van der Waals surface area (Å²) >= 11 is 1.34. The summed E-state index contributed by atoms with van der Waals surface area (Å²) in [6, 6.07) is 19.9. The Bertz CT molecular complexity index is 769. The highest BCUT2D eigenvalue weighted by molar-refractivity contribution is 7.99. The van der Waals surface area contributed by atoms with Gasteiger partial charge in [-0.25, -0.2) is 4.98 Å². The lowest BCUT2D eigenvalue weighted by molar-refractivity contribution is -0.115. The summed E-state index contributed by atoms with van der Waals surface area (Å²) < 4.78 is 1.98. The second-order valence-electron chi connectivity index (χ2n) is 4.74. The Balaban J connectivity index is 2.03. The number of rotatable bonds is 5. The summed E-state index contributed by atoms with van der Waals surface area (Å²) in [4.78, 5) is 15.7. The predicted octanol–water partition coefficient (Wildman–Crippen LogP) is 3.12. The number of thioether (sulfide) groups is 1. The Kier molecular flexibility index (Phi) is 4.25. The van der Waals surface area contributed by atoms with Crippen LogP contribution in [0.15, 0.2) is 72.0 Å². The van der Waals surface area contributed by atoms with Gasteiger partial charge in [-0.3, -0.25) is 9.36 Å². The number of primary amides is 1. The summed E-state index contributed by atoms with van der Waals surface area (Å²) in [5, 5.41) is 0.754. The van der Waals surface area contributed by atoms with Gasteiger partial charge in [0.15, 0.2) is 5.16 Å². The molecule has 0 radical (unpaired) electrons. The highest BCUT2D eigenvalue weighted by Gasteiger charge is 2.12. The van der Waals surface area contributed by atoms with E-state index in [1.165, 1.54) is 11.8 Å². The zero-order valence-electron chi connectivity index (χ0n) is 11.8. The van der Waals surface area contributed by atoms with Crippen molar-refractivity contribution in [3.05, 3.63) is 66.9 Å². The molecule has 3 aromatic rings. The average molecular weight is 309 g/mol. The molecule has 0 unspecified atom stereocenters. The van der Waals surface area contributed by atoms with E-state index in [1.807, 2.05) is 71.4 Å². The fourth-order valence-corrected chi connectivity index (χ4v) is 2.85. The van der Waals surface area contributed by atoms with Crippen molar-refractivity contribution in [1.82, 2.24) is 9.55 Å². The van der Waals surface area contributed by atoms with Crippen LogP contribution in [0.1, 0.15) is 0 Å². The number of benzene rings is 2. The maximum atomic E-state index is 11.1. The number of carbonyl (C=O) groups excluding carboxylic acids is 1. The van der Waals surface area contributed by atoms with Gasteiger partial charge in [-0.05, 0) is 12.1 Å². The summed E-state index contributed by atoms with van der Waals surface area (Å²) in [6.07, 6.45) is 1.98. The van der Waals surface area contributed by atoms with Gasteiger partial charge in [0, 0.05) is 17.4 Å². The van der Waals surface area contributed by atoms with E-state index >= 15 is 0 Å². The molecule has 1 heterocycles. The molecule has 0 bridgehead atoms. The van der Waals surface area contributed by atoms with E-state index in [9.17, 15) is 4.79 Å². The van der Waals surface area contributed by atoms with Crippen molar-refractivity contribution in [2.45, 2.75) is 5.16 Å². The fraction of sp³-hybridized carbons (Fsp3) is 0.0588. The van der Waals surface area contributed by atoms with Gasteiger partial charge < -0.3 is 5.73 Å². The largest absolute Gasteiger partial charge is 0.369 e. The molecule has 0 saturated heterocycles. The Hall–Kier alpha value is -2.53. The molecule has 0 atom stereocenters. The monoisotopic (exact) mass is 309 g/mol. The molecule has 0 saturated carbocycles. The van der Waals surface area contributed by atoms with Crippen molar-refractivity contribution < 1.29 is 4.79 Å². The Labute approximate surface area is 133 Å². The highest BCUT2D eigenvalue weighted by atomic mass is 32.2. The fourth-order valence-electron chi connectivity index (χ4n) is 2.12. The molecule has 1 amide bonds. The van der Waals surface area contributed by atoms with Gasteiger partial charge in [0.2, 0.25) is 5.91 Å². The first-order valence-electron chi connectivity index (χ1n) is 6.85. The number of para-hydroxylation sites is 1. The molecule has 0 aliphatic heterocycles. The molecular formula is C17H15N3OS. The summed E-state index contributed by atoms with van der Waals surface area (Å²) in [6.45, 7) is 0. The van der Waals surface area contributed by atoms with Crippen LogP contribution in [0.25, 0.3) is 16.9 Å².